The van der Waals surface area contributed by atoms with Crippen LogP contribution in [-0.4, -0.2) is 11.7 Å². The Hall–Kier alpha value is -0.380. The van der Waals surface area contributed by atoms with Gasteiger partial charge in [-0.2, -0.15) is 0 Å². The first-order valence-corrected chi connectivity index (χ1v) is 5.49. The lowest BCUT2D eigenvalue weighted by atomic mass is 9.85. The van der Waals surface area contributed by atoms with Crippen LogP contribution in [0.2, 0.25) is 0 Å². The summed E-state index contributed by atoms with van der Waals surface area (Å²) < 4.78 is 0. The predicted molar refractivity (Wildman–Crippen MR) is 54.9 cm³/mol. The molecule has 1 aromatic rings. The minimum atomic E-state index is -0.730. The molecule has 0 saturated heterocycles. The first-order chi connectivity index (χ1) is 6.15. The van der Waals surface area contributed by atoms with Crippen molar-refractivity contribution in [1.29, 1.82) is 0 Å². The average molecular weight is 197 g/mol. The summed E-state index contributed by atoms with van der Waals surface area (Å²) in [7, 11) is 0. The highest BCUT2D eigenvalue weighted by Gasteiger charge is 2.34. The molecule has 2 nitrogen and oxygen atoms in total. The first-order valence-electron chi connectivity index (χ1n) is 4.68. The van der Waals surface area contributed by atoms with Crippen molar-refractivity contribution in [1.82, 2.24) is 0 Å². The molecule has 0 saturated carbocycles. The molecule has 13 heavy (non-hydrogen) atoms. The summed E-state index contributed by atoms with van der Waals surface area (Å²) in [4.78, 5) is 2.39. The topological polar surface area (TPSA) is 46.2 Å². The molecule has 0 amide bonds. The summed E-state index contributed by atoms with van der Waals surface area (Å²) in [5, 5.41) is 10.2. The molecule has 1 heterocycles. The van der Waals surface area contributed by atoms with Gasteiger partial charge in [0.15, 0.2) is 0 Å². The SMILES string of the molecule is Cc1cc2c(s1)C(O)(CN)CCC2. The van der Waals surface area contributed by atoms with E-state index in [9.17, 15) is 5.11 Å². The fourth-order valence-corrected chi connectivity index (χ4v) is 3.22. The lowest BCUT2D eigenvalue weighted by Crippen LogP contribution is -2.36. The third-order valence-corrected chi connectivity index (χ3v) is 4.02. The van der Waals surface area contributed by atoms with Crippen LogP contribution >= 0.6 is 11.3 Å². The van der Waals surface area contributed by atoms with Gasteiger partial charge in [0.25, 0.3) is 0 Å². The van der Waals surface area contributed by atoms with Crippen molar-refractivity contribution < 1.29 is 5.11 Å². The van der Waals surface area contributed by atoms with Crippen LogP contribution in [0.15, 0.2) is 6.07 Å². The molecule has 0 spiro atoms. The lowest BCUT2D eigenvalue weighted by Gasteiger charge is -2.30. The second kappa shape index (κ2) is 3.08. The predicted octanol–water partition coefficient (Wildman–Crippen LogP) is 1.54. The zero-order valence-corrected chi connectivity index (χ0v) is 8.66. The van der Waals surface area contributed by atoms with Gasteiger partial charge >= 0.3 is 0 Å². The Balaban J connectivity index is 2.47. The van der Waals surface area contributed by atoms with E-state index in [1.807, 2.05) is 0 Å². The van der Waals surface area contributed by atoms with Crippen LogP contribution in [0.4, 0.5) is 0 Å². The highest BCUT2D eigenvalue weighted by atomic mass is 32.1. The van der Waals surface area contributed by atoms with Crippen molar-refractivity contribution in [2.45, 2.75) is 31.8 Å². The third kappa shape index (κ3) is 1.41. The molecule has 1 aromatic heterocycles. The van der Waals surface area contributed by atoms with Gasteiger partial charge in [-0.3, -0.25) is 0 Å². The highest BCUT2D eigenvalue weighted by Crippen LogP contribution is 2.39. The number of hydrogen-bond acceptors (Lipinski definition) is 3. The normalized spacial score (nSPS) is 27.3. The quantitative estimate of drug-likeness (QED) is 0.717. The van der Waals surface area contributed by atoms with Crippen LogP contribution < -0.4 is 5.73 Å². The second-order valence-corrected chi connectivity index (χ2v) is 5.06. The summed E-state index contributed by atoms with van der Waals surface area (Å²) in [6, 6.07) is 2.18. The van der Waals surface area contributed by atoms with E-state index in [0.29, 0.717) is 6.54 Å². The standard InChI is InChI=1S/C10H15NOS/c1-7-5-8-3-2-4-10(12,6-11)9(8)13-7/h5,12H,2-4,6,11H2,1H3. The summed E-state index contributed by atoms with van der Waals surface area (Å²) in [6.45, 7) is 2.43. The molecule has 3 N–H and O–H groups in total. The number of nitrogens with two attached hydrogens (primary N) is 1. The lowest BCUT2D eigenvalue weighted by molar-refractivity contribution is 0.0320. The van der Waals surface area contributed by atoms with E-state index in [1.165, 1.54) is 10.4 Å². The number of aliphatic hydroxyl groups is 1. The molecule has 0 aromatic carbocycles. The number of aryl methyl sites for hydroxylation is 2. The van der Waals surface area contributed by atoms with Crippen LogP contribution in [0.1, 0.15) is 28.2 Å². The smallest absolute Gasteiger partial charge is 0.111 e. The van der Waals surface area contributed by atoms with Gasteiger partial charge in [-0.15, -0.1) is 11.3 Å². The molecule has 1 aliphatic rings. The Bertz CT molecular complexity index is 321. The van der Waals surface area contributed by atoms with Gasteiger partial charge in [0.1, 0.15) is 5.60 Å². The van der Waals surface area contributed by atoms with Crippen molar-refractivity contribution in [3.05, 3.63) is 21.4 Å². The molecule has 0 bridgehead atoms. The summed E-state index contributed by atoms with van der Waals surface area (Å²) in [5.41, 5.74) is 6.20. The van der Waals surface area contributed by atoms with Gasteiger partial charge in [-0.1, -0.05) is 0 Å². The minimum absolute atomic E-state index is 0.347. The number of thiophene rings is 1. The largest absolute Gasteiger partial charge is 0.383 e. The minimum Gasteiger partial charge on any atom is -0.383 e. The van der Waals surface area contributed by atoms with E-state index in [2.05, 4.69) is 13.0 Å². The number of rotatable bonds is 1. The Morgan fingerprint density at radius 1 is 1.69 bits per heavy atom. The fraction of sp³-hybridized carbons (Fsp3) is 0.600. The van der Waals surface area contributed by atoms with E-state index in [4.69, 9.17) is 5.73 Å². The van der Waals surface area contributed by atoms with E-state index in [1.54, 1.807) is 11.3 Å². The summed E-state index contributed by atoms with van der Waals surface area (Å²) in [5.74, 6) is 0. The van der Waals surface area contributed by atoms with Crippen molar-refractivity contribution >= 4 is 11.3 Å². The molecule has 0 aliphatic heterocycles. The van der Waals surface area contributed by atoms with Gasteiger partial charge in [0, 0.05) is 16.3 Å². The van der Waals surface area contributed by atoms with Gasteiger partial charge in [-0.05, 0) is 37.8 Å². The molecule has 2 rings (SSSR count). The Kier molecular flexibility index (Phi) is 2.18. The monoisotopic (exact) mass is 197 g/mol. The van der Waals surface area contributed by atoms with Crippen LogP contribution in [0.5, 0.6) is 0 Å². The molecular weight excluding hydrogens is 182 g/mol. The zero-order valence-electron chi connectivity index (χ0n) is 7.84. The summed E-state index contributed by atoms with van der Waals surface area (Å²) >= 11 is 1.69. The Labute approximate surface area is 82.4 Å². The van der Waals surface area contributed by atoms with Gasteiger partial charge in [0.2, 0.25) is 0 Å². The number of hydrogen-bond donors (Lipinski definition) is 2. The van der Waals surface area contributed by atoms with Crippen LogP contribution in [0, 0.1) is 6.92 Å². The Morgan fingerprint density at radius 2 is 2.46 bits per heavy atom. The maximum Gasteiger partial charge on any atom is 0.111 e. The van der Waals surface area contributed by atoms with Gasteiger partial charge in [0.05, 0.1) is 0 Å². The van der Waals surface area contributed by atoms with Crippen molar-refractivity contribution in [3.8, 4) is 0 Å². The van der Waals surface area contributed by atoms with E-state index in [-0.39, 0.29) is 0 Å². The third-order valence-electron chi connectivity index (χ3n) is 2.73. The van der Waals surface area contributed by atoms with Gasteiger partial charge < -0.3 is 10.8 Å². The van der Waals surface area contributed by atoms with Crippen molar-refractivity contribution in [2.75, 3.05) is 6.54 Å². The molecule has 0 fully saturated rings. The van der Waals surface area contributed by atoms with Crippen LogP contribution in [0.3, 0.4) is 0 Å². The van der Waals surface area contributed by atoms with Crippen molar-refractivity contribution in [3.63, 3.8) is 0 Å². The van der Waals surface area contributed by atoms with Crippen molar-refractivity contribution in [2.24, 2.45) is 5.73 Å². The Morgan fingerprint density at radius 3 is 3.15 bits per heavy atom. The maximum absolute atomic E-state index is 10.2. The molecule has 0 radical (unpaired) electrons. The molecule has 72 valence electrons. The summed E-state index contributed by atoms with van der Waals surface area (Å²) in [6.07, 6.45) is 2.97. The molecule has 1 aliphatic carbocycles. The molecular formula is C10H15NOS. The van der Waals surface area contributed by atoms with E-state index < -0.39 is 5.60 Å². The highest BCUT2D eigenvalue weighted by molar-refractivity contribution is 7.12. The van der Waals surface area contributed by atoms with E-state index >= 15 is 0 Å². The van der Waals surface area contributed by atoms with Crippen LogP contribution in [0.25, 0.3) is 0 Å². The molecule has 3 heteroatoms. The number of fused-ring (bicyclic) bond motifs is 1. The van der Waals surface area contributed by atoms with Gasteiger partial charge in [-0.25, -0.2) is 0 Å². The average Bonchev–Trinajstić information content (AvgIpc) is 2.48. The second-order valence-electron chi connectivity index (χ2n) is 3.80. The molecule has 1 unspecified atom stereocenters. The molecule has 1 atom stereocenters. The first kappa shape index (κ1) is 9.19. The maximum atomic E-state index is 10.2. The fourth-order valence-electron chi connectivity index (χ4n) is 2.03. The van der Waals surface area contributed by atoms with Crippen LogP contribution in [-0.2, 0) is 12.0 Å². The zero-order chi connectivity index (χ0) is 9.47. The van der Waals surface area contributed by atoms with E-state index in [0.717, 1.165) is 24.1 Å².